The molecule has 0 aliphatic heterocycles. The molecular formula is C13H28N4Na2O5. The van der Waals surface area contributed by atoms with Crippen LogP contribution in [0.4, 0.5) is 4.79 Å². The zero-order valence-electron chi connectivity index (χ0n) is 12.7. The molecule has 0 rings (SSSR count). The normalized spacial score (nSPS) is 12.2. The summed E-state index contributed by atoms with van der Waals surface area (Å²) in [6, 6.07) is -1.93. The van der Waals surface area contributed by atoms with E-state index in [0.29, 0.717) is 51.6 Å². The average molecular weight is 366 g/mol. The molecule has 0 aromatic rings. The molecule has 0 aromatic heterocycles. The third kappa shape index (κ3) is 14.8. The summed E-state index contributed by atoms with van der Waals surface area (Å²) < 4.78 is 8.67. The summed E-state index contributed by atoms with van der Waals surface area (Å²) in [5, 5.41) is 0. The predicted molar refractivity (Wildman–Crippen MR) is 93.6 cm³/mol. The third-order valence-electron chi connectivity index (χ3n) is 2.91. The van der Waals surface area contributed by atoms with Crippen LogP contribution >= 0.6 is 0 Å². The van der Waals surface area contributed by atoms with Crippen molar-refractivity contribution in [3.8, 4) is 0 Å². The summed E-state index contributed by atoms with van der Waals surface area (Å²) in [4.78, 5) is 34.2. The second kappa shape index (κ2) is 18.2. The first-order chi connectivity index (χ1) is 10.4. The van der Waals surface area contributed by atoms with Crippen molar-refractivity contribution < 1.29 is 23.9 Å². The fraction of sp³-hybridized carbons (Fsp3) is 0.769. The van der Waals surface area contributed by atoms with E-state index in [0.717, 1.165) is 0 Å². The fourth-order valence-corrected chi connectivity index (χ4v) is 1.59. The van der Waals surface area contributed by atoms with Crippen LogP contribution in [0.3, 0.4) is 0 Å². The molecule has 0 saturated heterocycles. The fourth-order valence-electron chi connectivity index (χ4n) is 1.59. The van der Waals surface area contributed by atoms with Crippen LogP contribution in [0.5, 0.6) is 0 Å². The number of carbonyl (C=O) groups excluding carboxylic acids is 3. The Bertz CT molecular complexity index is 342. The maximum atomic E-state index is 11.5. The molecule has 9 nitrogen and oxygen atoms in total. The van der Waals surface area contributed by atoms with E-state index in [1.54, 1.807) is 0 Å². The van der Waals surface area contributed by atoms with E-state index in [2.05, 4.69) is 9.47 Å². The third-order valence-corrected chi connectivity index (χ3v) is 2.91. The van der Waals surface area contributed by atoms with Gasteiger partial charge in [0, 0.05) is 0 Å². The molecule has 0 aromatic carbocycles. The van der Waals surface area contributed by atoms with E-state index >= 15 is 0 Å². The quantitative estimate of drug-likeness (QED) is 0.145. The topological polar surface area (TPSA) is 174 Å². The molecule has 8 N–H and O–H groups in total. The van der Waals surface area contributed by atoms with Crippen molar-refractivity contribution in [1.82, 2.24) is 0 Å². The van der Waals surface area contributed by atoms with Gasteiger partial charge in [0.1, 0.15) is 12.1 Å². The maximum absolute atomic E-state index is 11.5. The monoisotopic (exact) mass is 366 g/mol. The van der Waals surface area contributed by atoms with E-state index in [9.17, 15) is 14.4 Å². The average Bonchev–Trinajstić information content (AvgIpc) is 2.47. The van der Waals surface area contributed by atoms with Crippen LogP contribution in [-0.4, -0.2) is 102 Å². The Balaban J connectivity index is -0.00000220. The Morgan fingerprint density at radius 1 is 0.708 bits per heavy atom. The first kappa shape index (κ1) is 29.2. The van der Waals surface area contributed by atoms with Crippen LogP contribution < -0.4 is 22.9 Å². The molecule has 132 valence electrons. The molecule has 24 heavy (non-hydrogen) atoms. The van der Waals surface area contributed by atoms with Crippen molar-refractivity contribution in [3.05, 3.63) is 0 Å². The van der Waals surface area contributed by atoms with Crippen LogP contribution in [-0.2, 0) is 19.1 Å². The van der Waals surface area contributed by atoms with Gasteiger partial charge in [0.05, 0.1) is 0 Å². The molecule has 0 amide bonds. The molecule has 0 fully saturated rings. The van der Waals surface area contributed by atoms with Crippen molar-refractivity contribution >= 4 is 77.2 Å². The Morgan fingerprint density at radius 3 is 1.33 bits per heavy atom. The number of hydrogen-bond donors (Lipinski definition) is 4. The summed E-state index contributed by atoms with van der Waals surface area (Å²) in [5.41, 5.74) is 21.7. The van der Waals surface area contributed by atoms with E-state index < -0.39 is 30.2 Å². The SMILES string of the molecule is NCCCC[C@H](N)C(=O)OC(=O)OC(=O)[C@@H](N)CCCCN.[NaH].[NaH]. The van der Waals surface area contributed by atoms with E-state index in [1.165, 1.54) is 0 Å². The number of esters is 2. The van der Waals surface area contributed by atoms with Crippen molar-refractivity contribution in [2.24, 2.45) is 22.9 Å². The predicted octanol–water partition coefficient (Wildman–Crippen LogP) is -2.19. The Morgan fingerprint density at radius 2 is 1.04 bits per heavy atom. The van der Waals surface area contributed by atoms with E-state index in [-0.39, 0.29) is 59.1 Å². The summed E-state index contributed by atoms with van der Waals surface area (Å²) in [6.07, 6.45) is 1.92. The van der Waals surface area contributed by atoms with Crippen LogP contribution in [0.1, 0.15) is 38.5 Å². The summed E-state index contributed by atoms with van der Waals surface area (Å²) >= 11 is 0. The van der Waals surface area contributed by atoms with Crippen LogP contribution in [0, 0.1) is 0 Å². The molecule has 0 radical (unpaired) electrons. The molecule has 0 unspecified atom stereocenters. The molecule has 2 atom stereocenters. The zero-order chi connectivity index (χ0) is 17.0. The molecule has 0 bridgehead atoms. The van der Waals surface area contributed by atoms with Gasteiger partial charge in [-0.2, -0.15) is 0 Å². The number of nitrogens with two attached hydrogens (primary N) is 4. The number of hydrogen-bond acceptors (Lipinski definition) is 9. The van der Waals surface area contributed by atoms with Crippen molar-refractivity contribution in [3.63, 3.8) is 0 Å². The van der Waals surface area contributed by atoms with Crippen LogP contribution in [0.2, 0.25) is 0 Å². The molecule has 0 aliphatic carbocycles. The van der Waals surface area contributed by atoms with Gasteiger partial charge in [-0.1, -0.05) is 12.8 Å². The minimum absolute atomic E-state index is 0. The first-order valence-electron chi connectivity index (χ1n) is 7.31. The number of rotatable bonds is 10. The van der Waals surface area contributed by atoms with Crippen LogP contribution in [0.15, 0.2) is 0 Å². The Kier molecular flexibility index (Phi) is 22.2. The van der Waals surface area contributed by atoms with Crippen LogP contribution in [0.25, 0.3) is 0 Å². The summed E-state index contributed by atoms with van der Waals surface area (Å²) in [5.74, 6) is -1.90. The molecule has 0 saturated carbocycles. The van der Waals surface area contributed by atoms with Gasteiger partial charge in [-0.3, -0.25) is 0 Å². The van der Waals surface area contributed by atoms with Gasteiger partial charge in [-0.15, -0.1) is 0 Å². The van der Waals surface area contributed by atoms with Gasteiger partial charge in [0.2, 0.25) is 0 Å². The van der Waals surface area contributed by atoms with Gasteiger partial charge in [0.15, 0.2) is 0 Å². The number of ether oxygens (including phenoxy) is 2. The Hall–Kier alpha value is 0.450. The van der Waals surface area contributed by atoms with Crippen molar-refractivity contribution in [2.75, 3.05) is 13.1 Å². The first-order valence-corrected chi connectivity index (χ1v) is 7.31. The molecule has 0 aliphatic rings. The minimum atomic E-state index is -1.42. The Labute approximate surface area is 186 Å². The van der Waals surface area contributed by atoms with Gasteiger partial charge in [-0.05, 0) is 38.8 Å². The van der Waals surface area contributed by atoms with Crippen molar-refractivity contribution in [2.45, 2.75) is 50.6 Å². The van der Waals surface area contributed by atoms with E-state index in [4.69, 9.17) is 22.9 Å². The second-order valence-electron chi connectivity index (χ2n) is 4.87. The van der Waals surface area contributed by atoms with Gasteiger partial charge in [-0.25, -0.2) is 14.4 Å². The standard InChI is InChI=1S/C13H26N4O5.2Na.2H/c14-7-3-1-5-9(16)11(18)21-13(20)22-12(19)10(17)6-2-4-8-15;;;;/h9-10H,1-8,14-17H2;;;;/t9-,10-;;;;/m0..../s1. The second-order valence-corrected chi connectivity index (χ2v) is 4.87. The number of carbonyl (C=O) groups is 3. The van der Waals surface area contributed by atoms with E-state index in [1.807, 2.05) is 0 Å². The van der Waals surface area contributed by atoms with Gasteiger partial charge in [0.25, 0.3) is 0 Å². The van der Waals surface area contributed by atoms with Gasteiger partial charge < -0.3 is 32.4 Å². The molecular weight excluding hydrogens is 338 g/mol. The summed E-state index contributed by atoms with van der Waals surface area (Å²) in [7, 11) is 0. The molecule has 0 heterocycles. The molecule has 11 heteroatoms. The van der Waals surface area contributed by atoms with Gasteiger partial charge >= 0.3 is 77.2 Å². The zero-order valence-corrected chi connectivity index (χ0v) is 12.7. The summed E-state index contributed by atoms with van der Waals surface area (Å²) in [6.45, 7) is 0.973. The van der Waals surface area contributed by atoms with Crippen molar-refractivity contribution in [1.29, 1.82) is 0 Å². The molecule has 0 spiro atoms. The number of unbranched alkanes of at least 4 members (excludes halogenated alkanes) is 2.